The fraction of sp³-hybridized carbons (Fsp3) is 0.300. The summed E-state index contributed by atoms with van der Waals surface area (Å²) in [6.45, 7) is 2.48. The van der Waals surface area contributed by atoms with Gasteiger partial charge in [-0.1, -0.05) is 17.7 Å². The molecule has 0 spiro atoms. The molecule has 1 aromatic rings. The molecular formula is C10H12ClNO2. The van der Waals surface area contributed by atoms with Crippen LogP contribution in [0.5, 0.6) is 5.75 Å². The second-order valence-corrected chi connectivity index (χ2v) is 3.28. The smallest absolute Gasteiger partial charge is 0.410 e. The first kappa shape index (κ1) is 10.9. The quantitative estimate of drug-likeness (QED) is 0.756. The normalized spacial score (nSPS) is 9.64. The summed E-state index contributed by atoms with van der Waals surface area (Å²) in [7, 11) is 1.67. The van der Waals surface area contributed by atoms with Gasteiger partial charge >= 0.3 is 6.09 Å². The van der Waals surface area contributed by atoms with Crippen LogP contribution in [0.4, 0.5) is 4.79 Å². The van der Waals surface area contributed by atoms with E-state index in [0.717, 1.165) is 0 Å². The van der Waals surface area contributed by atoms with Crippen LogP contribution in [-0.2, 0) is 0 Å². The number of halogens is 1. The van der Waals surface area contributed by atoms with Gasteiger partial charge in [0.1, 0.15) is 5.75 Å². The maximum Gasteiger partial charge on any atom is 0.414 e. The van der Waals surface area contributed by atoms with Crippen LogP contribution in [0.2, 0.25) is 5.02 Å². The second-order valence-electron chi connectivity index (χ2n) is 2.84. The maximum absolute atomic E-state index is 11.3. The minimum Gasteiger partial charge on any atom is -0.410 e. The Morgan fingerprint density at radius 2 is 2.29 bits per heavy atom. The van der Waals surface area contributed by atoms with Gasteiger partial charge in [-0.05, 0) is 25.1 Å². The Morgan fingerprint density at radius 1 is 1.57 bits per heavy atom. The molecule has 0 bridgehead atoms. The summed E-state index contributed by atoms with van der Waals surface area (Å²) >= 11 is 5.74. The maximum atomic E-state index is 11.3. The first-order valence-corrected chi connectivity index (χ1v) is 4.69. The van der Waals surface area contributed by atoms with Crippen molar-refractivity contribution in [2.75, 3.05) is 13.6 Å². The van der Waals surface area contributed by atoms with Crippen molar-refractivity contribution in [3.63, 3.8) is 0 Å². The number of rotatable bonds is 2. The highest BCUT2D eigenvalue weighted by Crippen LogP contribution is 2.17. The number of carbonyl (C=O) groups excluding carboxylic acids is 1. The van der Waals surface area contributed by atoms with E-state index in [1.54, 1.807) is 31.3 Å². The lowest BCUT2D eigenvalue weighted by molar-refractivity contribution is 0.165. The molecule has 0 unspecified atom stereocenters. The number of carbonyl (C=O) groups is 1. The van der Waals surface area contributed by atoms with E-state index in [9.17, 15) is 4.79 Å². The van der Waals surface area contributed by atoms with Gasteiger partial charge in [-0.3, -0.25) is 0 Å². The largest absolute Gasteiger partial charge is 0.414 e. The molecule has 0 aliphatic heterocycles. The molecule has 0 aliphatic rings. The third kappa shape index (κ3) is 2.92. The van der Waals surface area contributed by atoms with Crippen molar-refractivity contribution in [1.82, 2.24) is 4.90 Å². The van der Waals surface area contributed by atoms with Gasteiger partial charge < -0.3 is 9.64 Å². The van der Waals surface area contributed by atoms with Crippen LogP contribution in [0.1, 0.15) is 6.92 Å². The van der Waals surface area contributed by atoms with Crippen molar-refractivity contribution in [2.45, 2.75) is 6.92 Å². The highest BCUT2D eigenvalue weighted by molar-refractivity contribution is 6.30. The van der Waals surface area contributed by atoms with E-state index < -0.39 is 0 Å². The second kappa shape index (κ2) is 4.86. The van der Waals surface area contributed by atoms with Gasteiger partial charge in [0, 0.05) is 18.6 Å². The highest BCUT2D eigenvalue weighted by atomic mass is 35.5. The molecular weight excluding hydrogens is 202 g/mol. The van der Waals surface area contributed by atoms with Crippen LogP contribution < -0.4 is 4.74 Å². The van der Waals surface area contributed by atoms with Crippen molar-refractivity contribution >= 4 is 17.7 Å². The van der Waals surface area contributed by atoms with Gasteiger partial charge in [0.2, 0.25) is 0 Å². The molecule has 3 nitrogen and oxygen atoms in total. The standard InChI is InChI=1S/C10H12ClNO2/c1-3-12(2)10(13)14-9-6-4-5-8(11)7-9/h4-7H,3H2,1-2H3. The molecule has 0 fully saturated rings. The van der Waals surface area contributed by atoms with E-state index in [1.165, 1.54) is 4.90 Å². The Morgan fingerprint density at radius 3 is 2.86 bits per heavy atom. The van der Waals surface area contributed by atoms with E-state index in [0.29, 0.717) is 17.3 Å². The number of amides is 1. The SMILES string of the molecule is CCN(C)C(=O)Oc1cccc(Cl)c1. The molecule has 1 aromatic carbocycles. The number of hydrogen-bond acceptors (Lipinski definition) is 2. The molecule has 0 radical (unpaired) electrons. The van der Waals surface area contributed by atoms with Crippen LogP contribution in [0, 0.1) is 0 Å². The van der Waals surface area contributed by atoms with Gasteiger partial charge in [0.15, 0.2) is 0 Å². The van der Waals surface area contributed by atoms with Gasteiger partial charge in [0.25, 0.3) is 0 Å². The zero-order valence-corrected chi connectivity index (χ0v) is 8.91. The fourth-order valence-corrected chi connectivity index (χ4v) is 1.02. The molecule has 0 heterocycles. The minimum absolute atomic E-state index is 0.380. The molecule has 1 amide bonds. The Balaban J connectivity index is 2.65. The van der Waals surface area contributed by atoms with Crippen molar-refractivity contribution < 1.29 is 9.53 Å². The Labute approximate surface area is 88.2 Å². The minimum atomic E-state index is -0.380. The highest BCUT2D eigenvalue weighted by Gasteiger charge is 2.08. The molecule has 0 aromatic heterocycles. The summed E-state index contributed by atoms with van der Waals surface area (Å²) in [6.07, 6.45) is -0.380. The third-order valence-electron chi connectivity index (χ3n) is 1.79. The molecule has 14 heavy (non-hydrogen) atoms. The summed E-state index contributed by atoms with van der Waals surface area (Å²) in [5.74, 6) is 0.461. The summed E-state index contributed by atoms with van der Waals surface area (Å²) in [4.78, 5) is 12.8. The summed E-state index contributed by atoms with van der Waals surface area (Å²) in [5, 5.41) is 0.550. The Bertz CT molecular complexity index is 328. The van der Waals surface area contributed by atoms with Gasteiger partial charge in [-0.15, -0.1) is 0 Å². The number of ether oxygens (including phenoxy) is 1. The average Bonchev–Trinajstić information content (AvgIpc) is 2.16. The molecule has 4 heteroatoms. The van der Waals surface area contributed by atoms with Crippen molar-refractivity contribution in [2.24, 2.45) is 0 Å². The molecule has 76 valence electrons. The van der Waals surface area contributed by atoms with E-state index in [1.807, 2.05) is 6.92 Å². The first-order chi connectivity index (χ1) is 6.63. The van der Waals surface area contributed by atoms with Crippen LogP contribution in [0.3, 0.4) is 0 Å². The van der Waals surface area contributed by atoms with E-state index in [-0.39, 0.29) is 6.09 Å². The molecule has 0 saturated heterocycles. The first-order valence-electron chi connectivity index (χ1n) is 4.32. The van der Waals surface area contributed by atoms with Gasteiger partial charge in [-0.2, -0.15) is 0 Å². The predicted molar refractivity (Wildman–Crippen MR) is 55.8 cm³/mol. The topological polar surface area (TPSA) is 29.5 Å². The number of benzene rings is 1. The van der Waals surface area contributed by atoms with Crippen LogP contribution in [-0.4, -0.2) is 24.6 Å². The number of hydrogen-bond donors (Lipinski definition) is 0. The molecule has 0 aliphatic carbocycles. The zero-order valence-electron chi connectivity index (χ0n) is 8.16. The van der Waals surface area contributed by atoms with Crippen LogP contribution in [0.15, 0.2) is 24.3 Å². The lowest BCUT2D eigenvalue weighted by Gasteiger charge is -2.13. The predicted octanol–water partition coefficient (Wildman–Crippen LogP) is 2.79. The lowest BCUT2D eigenvalue weighted by Crippen LogP contribution is -2.29. The summed E-state index contributed by atoms with van der Waals surface area (Å²) in [6, 6.07) is 6.75. The monoisotopic (exact) mass is 213 g/mol. The average molecular weight is 214 g/mol. The van der Waals surface area contributed by atoms with E-state index in [4.69, 9.17) is 16.3 Å². The van der Waals surface area contributed by atoms with Crippen molar-refractivity contribution in [1.29, 1.82) is 0 Å². The molecule has 0 atom stereocenters. The fourth-order valence-electron chi connectivity index (χ4n) is 0.838. The summed E-state index contributed by atoms with van der Waals surface area (Å²) in [5.41, 5.74) is 0. The van der Waals surface area contributed by atoms with E-state index >= 15 is 0 Å². The van der Waals surface area contributed by atoms with Gasteiger partial charge in [0.05, 0.1) is 0 Å². The Kier molecular flexibility index (Phi) is 3.77. The lowest BCUT2D eigenvalue weighted by atomic mass is 10.3. The zero-order chi connectivity index (χ0) is 10.6. The van der Waals surface area contributed by atoms with Gasteiger partial charge in [-0.25, -0.2) is 4.79 Å². The van der Waals surface area contributed by atoms with E-state index in [2.05, 4.69) is 0 Å². The Hall–Kier alpha value is -1.22. The number of nitrogens with zero attached hydrogens (tertiary/aromatic N) is 1. The van der Waals surface area contributed by atoms with Crippen LogP contribution in [0.25, 0.3) is 0 Å². The third-order valence-corrected chi connectivity index (χ3v) is 2.02. The molecule has 1 rings (SSSR count). The molecule has 0 N–H and O–H groups in total. The summed E-state index contributed by atoms with van der Waals surface area (Å²) < 4.78 is 5.05. The van der Waals surface area contributed by atoms with Crippen LogP contribution >= 0.6 is 11.6 Å². The van der Waals surface area contributed by atoms with Crippen molar-refractivity contribution in [3.8, 4) is 5.75 Å². The molecule has 0 saturated carbocycles. The van der Waals surface area contributed by atoms with Crippen molar-refractivity contribution in [3.05, 3.63) is 29.3 Å².